The quantitative estimate of drug-likeness (QED) is 0.456. The molecule has 0 bridgehead atoms. The third kappa shape index (κ3) is 5.67. The van der Waals surface area contributed by atoms with Crippen LogP contribution >= 0.6 is 34.8 Å². The molecular formula is C2H2Cl3Sn. The van der Waals surface area contributed by atoms with Gasteiger partial charge in [0.25, 0.3) is 0 Å². The molecule has 0 aliphatic heterocycles. The van der Waals surface area contributed by atoms with Crippen molar-refractivity contribution < 1.29 is 0 Å². The fourth-order valence-corrected chi connectivity index (χ4v) is 0. The van der Waals surface area contributed by atoms with Crippen LogP contribution in [0.25, 0.3) is 0 Å². The Morgan fingerprint density at radius 2 is 1.50 bits per heavy atom. The molecule has 0 heterocycles. The molecule has 0 unspecified atom stereocenters. The summed E-state index contributed by atoms with van der Waals surface area (Å²) in [4.78, 5) is 0. The van der Waals surface area contributed by atoms with Crippen LogP contribution in [0.3, 0.4) is 0 Å². The van der Waals surface area contributed by atoms with E-state index in [1.807, 2.05) is 0 Å². The molecule has 0 atom stereocenters. The Morgan fingerprint density at radius 1 is 1.33 bits per heavy atom. The van der Waals surface area contributed by atoms with Gasteiger partial charge in [0.1, 0.15) is 0 Å². The summed E-state index contributed by atoms with van der Waals surface area (Å²) in [7, 11) is 0. The fourth-order valence-electron chi connectivity index (χ4n) is 0. The molecule has 0 saturated carbocycles. The van der Waals surface area contributed by atoms with Crippen LogP contribution in [0.2, 0.25) is 4.44 Å². The summed E-state index contributed by atoms with van der Waals surface area (Å²) in [6.45, 7) is 0. The maximum absolute atomic E-state index is 5.27. The first-order valence-corrected chi connectivity index (χ1v) is 4.43. The molecule has 0 aliphatic carbocycles. The zero-order valence-electron chi connectivity index (χ0n) is 2.84. The van der Waals surface area contributed by atoms with Crippen molar-refractivity contribution in [2.75, 3.05) is 0 Å². The predicted octanol–water partition coefficient (Wildman–Crippen LogP) is 1.94. The number of alkyl halides is 3. The minimum absolute atomic E-state index is 0.657. The second-order valence-electron chi connectivity index (χ2n) is 0.792. The van der Waals surface area contributed by atoms with Gasteiger partial charge >= 0.3 is 65.6 Å². The second-order valence-corrected chi connectivity index (χ2v) is 4.32. The average molecular weight is 251 g/mol. The zero-order valence-corrected chi connectivity index (χ0v) is 7.96. The van der Waals surface area contributed by atoms with Crippen molar-refractivity contribution in [3.8, 4) is 0 Å². The monoisotopic (exact) mass is 251 g/mol. The van der Waals surface area contributed by atoms with E-state index < -0.39 is 3.79 Å². The summed E-state index contributed by atoms with van der Waals surface area (Å²) in [5.41, 5.74) is 0. The normalized spacial score (nSPS) is 12.0. The molecule has 0 aromatic heterocycles. The first-order valence-electron chi connectivity index (χ1n) is 1.27. The molecule has 0 nitrogen and oxygen atoms in total. The van der Waals surface area contributed by atoms with E-state index in [1.54, 1.807) is 0 Å². The van der Waals surface area contributed by atoms with Gasteiger partial charge in [-0.1, -0.05) is 0 Å². The van der Waals surface area contributed by atoms with E-state index in [2.05, 4.69) is 0 Å². The van der Waals surface area contributed by atoms with E-state index in [1.165, 1.54) is 22.5 Å². The van der Waals surface area contributed by atoms with Gasteiger partial charge in [0.05, 0.1) is 0 Å². The molecule has 0 N–H and O–H groups in total. The van der Waals surface area contributed by atoms with Gasteiger partial charge in [-0.2, -0.15) is 0 Å². The van der Waals surface area contributed by atoms with E-state index in [9.17, 15) is 0 Å². The van der Waals surface area contributed by atoms with Gasteiger partial charge in [-0.25, -0.2) is 0 Å². The molecule has 0 aromatic rings. The van der Waals surface area contributed by atoms with Crippen LogP contribution < -0.4 is 0 Å². The number of hydrogen-bond donors (Lipinski definition) is 0. The molecule has 35 valence electrons. The molecule has 6 heavy (non-hydrogen) atoms. The number of rotatable bonds is 0. The van der Waals surface area contributed by atoms with E-state index in [0.29, 0.717) is 4.44 Å². The fraction of sp³-hybridized carbons (Fsp3) is 1.00. The van der Waals surface area contributed by atoms with E-state index in [4.69, 9.17) is 34.8 Å². The van der Waals surface area contributed by atoms with Crippen LogP contribution in [0.4, 0.5) is 0 Å². The summed E-state index contributed by atoms with van der Waals surface area (Å²) in [5, 5.41) is 0. The topological polar surface area (TPSA) is 0 Å². The number of halogens is 3. The molecule has 3 radical (unpaired) electrons. The first kappa shape index (κ1) is 7.67. The van der Waals surface area contributed by atoms with Crippen LogP contribution in [0.5, 0.6) is 0 Å². The van der Waals surface area contributed by atoms with Crippen LogP contribution in [0, 0.1) is 0 Å². The van der Waals surface area contributed by atoms with E-state index in [-0.39, 0.29) is 0 Å². The van der Waals surface area contributed by atoms with Gasteiger partial charge in [0, 0.05) is 0 Å². The molecule has 0 spiro atoms. The van der Waals surface area contributed by atoms with Crippen molar-refractivity contribution >= 4 is 57.3 Å². The van der Waals surface area contributed by atoms with Gasteiger partial charge in [-0.15, -0.1) is 0 Å². The average Bonchev–Trinajstić information content (AvgIpc) is 1.35. The Balaban J connectivity index is 3.17. The van der Waals surface area contributed by atoms with Crippen molar-refractivity contribution in [1.82, 2.24) is 0 Å². The maximum atomic E-state index is 5.27. The third-order valence-corrected chi connectivity index (χ3v) is 4.03. The zero-order chi connectivity index (χ0) is 5.21. The van der Waals surface area contributed by atoms with Gasteiger partial charge in [-0.05, 0) is 0 Å². The van der Waals surface area contributed by atoms with Crippen LogP contribution in [-0.2, 0) is 0 Å². The summed E-state index contributed by atoms with van der Waals surface area (Å²) in [5.74, 6) is 0. The van der Waals surface area contributed by atoms with Gasteiger partial charge in [-0.3, -0.25) is 0 Å². The second kappa shape index (κ2) is 2.85. The Hall–Kier alpha value is 1.67. The molecular weight excluding hydrogens is 249 g/mol. The molecule has 0 aliphatic rings. The van der Waals surface area contributed by atoms with Crippen molar-refractivity contribution in [3.63, 3.8) is 0 Å². The van der Waals surface area contributed by atoms with Gasteiger partial charge < -0.3 is 0 Å². The first-order chi connectivity index (χ1) is 2.56. The summed E-state index contributed by atoms with van der Waals surface area (Å²) in [6.07, 6.45) is 0. The predicted molar refractivity (Wildman–Crippen MR) is 30.9 cm³/mol. The Morgan fingerprint density at radius 3 is 1.50 bits per heavy atom. The third-order valence-electron chi connectivity index (χ3n) is 0.200. The number of hydrogen-bond acceptors (Lipinski definition) is 0. The van der Waals surface area contributed by atoms with Crippen molar-refractivity contribution in [2.45, 2.75) is 8.23 Å². The summed E-state index contributed by atoms with van der Waals surface area (Å²) in [6, 6.07) is 0. The van der Waals surface area contributed by atoms with Crippen LogP contribution in [-0.4, -0.2) is 26.3 Å². The molecule has 4 heteroatoms. The van der Waals surface area contributed by atoms with Crippen LogP contribution in [0.1, 0.15) is 0 Å². The minimum atomic E-state index is -1.00. The van der Waals surface area contributed by atoms with Gasteiger partial charge in [0.15, 0.2) is 0 Å². The SMILES string of the molecule is ClC(Cl)(Cl)[CH2][Sn]. The molecule has 0 fully saturated rings. The Labute approximate surface area is 65.2 Å². The standard InChI is InChI=1S/C2H2Cl3.Sn/c1-2(3,4)5;/h1H2;. The van der Waals surface area contributed by atoms with Crippen molar-refractivity contribution in [2.24, 2.45) is 0 Å². The van der Waals surface area contributed by atoms with E-state index in [0.717, 1.165) is 0 Å². The summed E-state index contributed by atoms with van der Waals surface area (Å²) >= 11 is 17.1. The van der Waals surface area contributed by atoms with Gasteiger partial charge in [0.2, 0.25) is 0 Å². The van der Waals surface area contributed by atoms with Crippen molar-refractivity contribution in [3.05, 3.63) is 0 Å². The summed E-state index contributed by atoms with van der Waals surface area (Å²) < 4.78 is -0.345. The molecule has 0 aromatic carbocycles. The Kier molecular flexibility index (Phi) is 3.64. The Bertz CT molecular complexity index is 38.5. The molecule has 0 rings (SSSR count). The molecule has 0 amide bonds. The van der Waals surface area contributed by atoms with E-state index >= 15 is 0 Å². The van der Waals surface area contributed by atoms with Crippen LogP contribution in [0.15, 0.2) is 0 Å². The van der Waals surface area contributed by atoms with Crippen molar-refractivity contribution in [1.29, 1.82) is 0 Å². The molecule has 0 saturated heterocycles.